The van der Waals surface area contributed by atoms with E-state index in [2.05, 4.69) is 9.98 Å². The molecule has 4 rings (SSSR count). The maximum Gasteiger partial charge on any atom is 0.324 e. The highest BCUT2D eigenvalue weighted by Gasteiger charge is 2.35. The minimum atomic E-state index is -1.68. The highest BCUT2D eigenvalue weighted by atomic mass is 16.4. The minimum absolute atomic E-state index is 0.0788. The summed E-state index contributed by atoms with van der Waals surface area (Å²) in [4.78, 5) is 31.8. The van der Waals surface area contributed by atoms with Gasteiger partial charge in [-0.3, -0.25) is 14.6 Å². The van der Waals surface area contributed by atoms with Crippen molar-refractivity contribution in [2.75, 3.05) is 0 Å². The van der Waals surface area contributed by atoms with Crippen LogP contribution in [-0.2, 0) is 9.59 Å². The van der Waals surface area contributed by atoms with Gasteiger partial charge in [-0.2, -0.15) is 0 Å². The van der Waals surface area contributed by atoms with Crippen molar-refractivity contribution in [3.05, 3.63) is 57.9 Å². The van der Waals surface area contributed by atoms with Crippen molar-refractivity contribution in [2.45, 2.75) is 13.8 Å². The lowest BCUT2D eigenvalue weighted by atomic mass is 9.94. The van der Waals surface area contributed by atoms with Gasteiger partial charge in [-0.15, -0.1) is 0 Å². The molecule has 2 aliphatic heterocycles. The van der Waals surface area contributed by atoms with Gasteiger partial charge in [0, 0.05) is 16.7 Å². The third kappa shape index (κ3) is 2.04. The minimum Gasteiger partial charge on any atom is -0.480 e. The number of aliphatic carboxylic acids is 2. The molecule has 6 nitrogen and oxygen atoms in total. The molecule has 2 aliphatic rings. The summed E-state index contributed by atoms with van der Waals surface area (Å²) in [6.45, 7) is 3.62. The predicted octanol–water partition coefficient (Wildman–Crippen LogP) is 2.08. The molecule has 25 heavy (non-hydrogen) atoms. The fourth-order valence-corrected chi connectivity index (χ4v) is 3.58. The molecule has 2 N–H and O–H groups in total. The first-order valence-corrected chi connectivity index (χ1v) is 7.77. The lowest BCUT2D eigenvalue weighted by Crippen LogP contribution is -2.25. The van der Waals surface area contributed by atoms with E-state index >= 15 is 0 Å². The van der Waals surface area contributed by atoms with Crippen LogP contribution in [-0.4, -0.2) is 22.2 Å². The molecule has 0 unspecified atom stereocenters. The molecule has 2 heterocycles. The van der Waals surface area contributed by atoms with Crippen molar-refractivity contribution < 1.29 is 19.8 Å². The van der Waals surface area contributed by atoms with Gasteiger partial charge in [-0.25, -0.2) is 4.99 Å². The molecule has 0 spiro atoms. The van der Waals surface area contributed by atoms with E-state index in [1.807, 2.05) is 37.3 Å². The summed E-state index contributed by atoms with van der Waals surface area (Å²) < 4.78 is 0. The molecule has 0 saturated heterocycles. The molecule has 0 aliphatic carbocycles. The number of carboxylic acid groups (broad SMARTS) is 2. The average Bonchev–Trinajstić information content (AvgIpc) is 3.07. The molecule has 0 saturated carbocycles. The predicted molar refractivity (Wildman–Crippen MR) is 89.9 cm³/mol. The first-order chi connectivity index (χ1) is 11.9. The van der Waals surface area contributed by atoms with Gasteiger partial charge in [0.05, 0.1) is 22.1 Å². The number of hydrogen-bond donors (Lipinski definition) is 2. The van der Waals surface area contributed by atoms with E-state index in [9.17, 15) is 19.8 Å². The fourth-order valence-electron chi connectivity index (χ4n) is 3.58. The summed E-state index contributed by atoms with van der Waals surface area (Å²) in [5, 5.41) is 20.0. The Hall–Kier alpha value is -3.28. The van der Waals surface area contributed by atoms with Crippen LogP contribution in [0.4, 0.5) is 5.69 Å². The van der Waals surface area contributed by atoms with Gasteiger partial charge in [-0.1, -0.05) is 18.2 Å². The zero-order valence-electron chi connectivity index (χ0n) is 13.6. The Morgan fingerprint density at radius 2 is 1.68 bits per heavy atom. The Kier molecular flexibility index (Phi) is 3.12. The van der Waals surface area contributed by atoms with E-state index in [1.54, 1.807) is 6.92 Å². The molecular weight excluding hydrogens is 320 g/mol. The second-order valence-electron chi connectivity index (χ2n) is 6.15. The van der Waals surface area contributed by atoms with Crippen molar-refractivity contribution >= 4 is 23.2 Å². The smallest absolute Gasteiger partial charge is 0.324 e. The molecule has 0 aromatic heterocycles. The highest BCUT2D eigenvalue weighted by Crippen LogP contribution is 2.35. The zero-order valence-corrected chi connectivity index (χ0v) is 13.6. The maximum absolute atomic E-state index is 11.4. The van der Waals surface area contributed by atoms with Crippen LogP contribution in [0.15, 0.2) is 46.0 Å². The van der Waals surface area contributed by atoms with Gasteiger partial charge in [0.1, 0.15) is 0 Å². The van der Waals surface area contributed by atoms with Crippen molar-refractivity contribution in [3.63, 3.8) is 0 Å². The maximum atomic E-state index is 11.4. The van der Waals surface area contributed by atoms with Crippen LogP contribution in [0.3, 0.4) is 0 Å². The lowest BCUT2D eigenvalue weighted by Gasteiger charge is -2.09. The number of hydrogen-bond acceptors (Lipinski definition) is 4. The molecule has 2 aromatic rings. The van der Waals surface area contributed by atoms with E-state index in [4.69, 9.17) is 0 Å². The Morgan fingerprint density at radius 3 is 2.36 bits per heavy atom. The van der Waals surface area contributed by atoms with Gasteiger partial charge in [0.2, 0.25) is 0 Å². The van der Waals surface area contributed by atoms with E-state index in [-0.39, 0.29) is 5.70 Å². The van der Waals surface area contributed by atoms with Crippen molar-refractivity contribution in [3.8, 4) is 11.1 Å². The van der Waals surface area contributed by atoms with Crippen LogP contribution in [0.5, 0.6) is 0 Å². The summed E-state index contributed by atoms with van der Waals surface area (Å²) in [5.41, 5.74) is 5.14. The van der Waals surface area contributed by atoms with Crippen LogP contribution in [0.25, 0.3) is 16.7 Å². The summed E-state index contributed by atoms with van der Waals surface area (Å²) in [7, 11) is 0. The van der Waals surface area contributed by atoms with E-state index in [1.165, 1.54) is 0 Å². The van der Waals surface area contributed by atoms with E-state index in [0.29, 0.717) is 10.9 Å². The number of para-hydroxylation sites is 1. The number of nitrogens with zero attached hydrogens (tertiary/aromatic N) is 2. The largest absolute Gasteiger partial charge is 0.480 e. The SMILES string of the molecule is CC1=C(C(C(=O)O)C(=O)O)N=c2cc3c(c(C)c21)=Nc1ccccc1-3. The molecular formula is C19H14N2O4. The van der Waals surface area contributed by atoms with Crippen LogP contribution >= 0.6 is 0 Å². The molecule has 2 aromatic carbocycles. The van der Waals surface area contributed by atoms with Crippen LogP contribution in [0.1, 0.15) is 18.1 Å². The lowest BCUT2D eigenvalue weighted by molar-refractivity contribution is -0.152. The summed E-state index contributed by atoms with van der Waals surface area (Å²) >= 11 is 0. The molecule has 0 atom stereocenters. The third-order valence-electron chi connectivity index (χ3n) is 4.72. The van der Waals surface area contributed by atoms with Crippen molar-refractivity contribution in [1.29, 1.82) is 0 Å². The topological polar surface area (TPSA) is 99.3 Å². The average molecular weight is 334 g/mol. The molecule has 6 heteroatoms. The molecule has 0 fully saturated rings. The Morgan fingerprint density at radius 1 is 1.00 bits per heavy atom. The highest BCUT2D eigenvalue weighted by molar-refractivity contribution is 5.99. The number of fused-ring (bicyclic) bond motifs is 4. The third-order valence-corrected chi connectivity index (χ3v) is 4.72. The Labute approximate surface area is 142 Å². The number of carboxylic acids is 2. The van der Waals surface area contributed by atoms with Gasteiger partial charge in [0.25, 0.3) is 0 Å². The Bertz CT molecular complexity index is 1110. The quantitative estimate of drug-likeness (QED) is 0.716. The van der Waals surface area contributed by atoms with Crippen LogP contribution < -0.4 is 10.7 Å². The number of allylic oxidation sites excluding steroid dienone is 1. The fraction of sp³-hybridized carbons (Fsp3) is 0.158. The summed E-state index contributed by atoms with van der Waals surface area (Å²) in [5.74, 6) is -4.51. The van der Waals surface area contributed by atoms with Crippen LogP contribution in [0, 0.1) is 12.8 Å². The molecule has 0 amide bonds. The molecule has 124 valence electrons. The second kappa shape index (κ2) is 5.11. The van der Waals surface area contributed by atoms with Gasteiger partial charge in [-0.05, 0) is 37.1 Å². The standard InChI is InChI=1S/C19H14N2O4/c1-8-14-9(2)17(15(18(22)23)19(24)25)21-13(14)7-11-10-5-3-4-6-12(10)20-16(8)11/h3-7,15H,1-2H3,(H,22,23)(H,24,25). The van der Waals surface area contributed by atoms with E-state index in [0.717, 1.165) is 33.3 Å². The van der Waals surface area contributed by atoms with E-state index < -0.39 is 17.9 Å². The summed E-state index contributed by atoms with van der Waals surface area (Å²) in [6, 6.07) is 9.64. The molecule has 0 bridgehead atoms. The second-order valence-corrected chi connectivity index (χ2v) is 6.15. The van der Waals surface area contributed by atoms with Gasteiger partial charge in [0.15, 0.2) is 5.92 Å². The van der Waals surface area contributed by atoms with Gasteiger partial charge < -0.3 is 10.2 Å². The first kappa shape index (κ1) is 15.3. The number of carbonyl (C=O) groups is 2. The van der Waals surface area contributed by atoms with Crippen molar-refractivity contribution in [1.82, 2.24) is 0 Å². The first-order valence-electron chi connectivity index (χ1n) is 7.77. The summed E-state index contributed by atoms with van der Waals surface area (Å²) in [6.07, 6.45) is 0. The normalized spacial score (nSPS) is 13.9. The van der Waals surface area contributed by atoms with Crippen molar-refractivity contribution in [2.24, 2.45) is 15.9 Å². The molecule has 0 radical (unpaired) electrons. The van der Waals surface area contributed by atoms with Gasteiger partial charge >= 0.3 is 11.9 Å². The van der Waals surface area contributed by atoms with Crippen LogP contribution in [0.2, 0.25) is 0 Å². The monoisotopic (exact) mass is 334 g/mol. The number of benzene rings is 2. The number of rotatable bonds is 3. The Balaban J connectivity index is 1.99. The zero-order chi connectivity index (χ0) is 17.9.